The number of hydrogen-bond acceptors (Lipinski definition) is 3. The van der Waals surface area contributed by atoms with Gasteiger partial charge in [-0.2, -0.15) is 0 Å². The second-order valence-electron chi connectivity index (χ2n) is 10.7. The monoisotopic (exact) mass is 583 g/mol. The molecule has 1 aromatic heterocycles. The summed E-state index contributed by atoms with van der Waals surface area (Å²) in [5.41, 5.74) is 7.03. The molecule has 0 unspecified atom stereocenters. The van der Waals surface area contributed by atoms with E-state index in [4.69, 9.17) is 0 Å². The Bertz CT molecular complexity index is 1950. The van der Waals surface area contributed by atoms with Crippen molar-refractivity contribution < 1.29 is 19.1 Å². The average Bonchev–Trinajstić information content (AvgIpc) is 3.46. The van der Waals surface area contributed by atoms with Crippen LogP contribution in [0.2, 0.25) is 0 Å². The lowest BCUT2D eigenvalue weighted by Gasteiger charge is -2.17. The molecule has 0 saturated heterocycles. The van der Waals surface area contributed by atoms with Crippen LogP contribution in [-0.4, -0.2) is 21.6 Å². The predicted octanol–water partition coefficient (Wildman–Crippen LogP) is 8.43. The summed E-state index contributed by atoms with van der Waals surface area (Å²) in [6.45, 7) is 2.38. The van der Waals surface area contributed by atoms with Crippen LogP contribution in [0, 0.1) is 5.82 Å². The van der Waals surface area contributed by atoms with Gasteiger partial charge in [0.2, 0.25) is 0 Å². The van der Waals surface area contributed by atoms with Gasteiger partial charge in [0.05, 0.1) is 22.7 Å². The third-order valence-corrected chi connectivity index (χ3v) is 7.69. The second kappa shape index (κ2) is 12.3. The Morgan fingerprint density at radius 2 is 1.57 bits per heavy atom. The molecule has 6 aromatic rings. The van der Waals surface area contributed by atoms with E-state index in [1.54, 1.807) is 24.3 Å². The first-order valence-corrected chi connectivity index (χ1v) is 14.3. The Labute approximate surface area is 254 Å². The molecular weight excluding hydrogens is 553 g/mol. The smallest absolute Gasteiger partial charge is 0.335 e. The Morgan fingerprint density at radius 1 is 0.818 bits per heavy atom. The summed E-state index contributed by atoms with van der Waals surface area (Å²) in [7, 11) is 0. The Morgan fingerprint density at radius 3 is 2.30 bits per heavy atom. The van der Waals surface area contributed by atoms with Gasteiger partial charge in [-0.1, -0.05) is 60.7 Å². The number of fused-ring (bicyclic) bond motifs is 1. The fraction of sp³-hybridized carbons (Fsp3) is 0.0811. The number of carbonyl (C=O) groups is 2. The predicted molar refractivity (Wildman–Crippen MR) is 172 cm³/mol. The molecule has 5 aromatic carbocycles. The quantitative estimate of drug-likeness (QED) is 0.160. The minimum absolute atomic E-state index is 0.191. The molecule has 0 saturated carbocycles. The highest BCUT2D eigenvalue weighted by Gasteiger charge is 2.19. The molecular formula is C37H30FN3O3. The maximum Gasteiger partial charge on any atom is 0.335 e. The van der Waals surface area contributed by atoms with E-state index < -0.39 is 5.97 Å². The van der Waals surface area contributed by atoms with Crippen LogP contribution < -0.4 is 10.6 Å². The number of halogens is 1. The summed E-state index contributed by atoms with van der Waals surface area (Å²) in [5, 5.41) is 16.7. The molecule has 0 bridgehead atoms. The number of nitrogens with one attached hydrogen (secondary N) is 2. The number of amides is 1. The molecule has 0 aliphatic carbocycles. The summed E-state index contributed by atoms with van der Waals surface area (Å²) in [6.07, 6.45) is 1.98. The van der Waals surface area contributed by atoms with Crippen molar-refractivity contribution in [2.75, 3.05) is 5.32 Å². The number of hydrogen-bond donors (Lipinski definition) is 3. The van der Waals surface area contributed by atoms with Crippen LogP contribution in [0.25, 0.3) is 22.0 Å². The zero-order valence-corrected chi connectivity index (χ0v) is 24.0. The molecule has 7 heteroatoms. The molecule has 1 heterocycles. The third-order valence-electron chi connectivity index (χ3n) is 7.69. The van der Waals surface area contributed by atoms with Crippen molar-refractivity contribution in [2.45, 2.75) is 19.5 Å². The number of carboxylic acid groups (broad SMARTS) is 1. The molecule has 3 N–H and O–H groups in total. The molecule has 0 fully saturated rings. The van der Waals surface area contributed by atoms with E-state index in [-0.39, 0.29) is 23.3 Å². The van der Waals surface area contributed by atoms with E-state index in [1.165, 1.54) is 24.3 Å². The van der Waals surface area contributed by atoms with E-state index in [0.29, 0.717) is 12.1 Å². The van der Waals surface area contributed by atoms with Gasteiger partial charge in [-0.15, -0.1) is 0 Å². The minimum atomic E-state index is -0.996. The fourth-order valence-electron chi connectivity index (χ4n) is 5.39. The summed E-state index contributed by atoms with van der Waals surface area (Å²) >= 11 is 0. The van der Waals surface area contributed by atoms with Crippen molar-refractivity contribution in [1.82, 2.24) is 9.88 Å². The molecule has 44 heavy (non-hydrogen) atoms. The normalized spacial score (nSPS) is 11.7. The van der Waals surface area contributed by atoms with Crippen molar-refractivity contribution in [3.63, 3.8) is 0 Å². The number of aromatic carboxylic acids is 1. The maximum atomic E-state index is 13.8. The molecule has 1 atom stereocenters. The average molecular weight is 584 g/mol. The largest absolute Gasteiger partial charge is 0.478 e. The van der Waals surface area contributed by atoms with E-state index in [2.05, 4.69) is 21.3 Å². The van der Waals surface area contributed by atoms with Crippen LogP contribution in [0.15, 0.2) is 128 Å². The number of benzene rings is 5. The zero-order chi connectivity index (χ0) is 30.6. The highest BCUT2D eigenvalue weighted by molar-refractivity contribution is 6.10. The Hall–Kier alpha value is -5.69. The molecule has 1 amide bonds. The van der Waals surface area contributed by atoms with Crippen LogP contribution in [0.1, 0.15) is 44.8 Å². The van der Waals surface area contributed by atoms with Gasteiger partial charge in [0.15, 0.2) is 0 Å². The van der Waals surface area contributed by atoms with E-state index in [1.807, 2.05) is 79.9 Å². The first-order chi connectivity index (χ1) is 21.4. The van der Waals surface area contributed by atoms with Crippen molar-refractivity contribution in [3.8, 4) is 11.1 Å². The molecule has 0 aliphatic rings. The van der Waals surface area contributed by atoms with Crippen LogP contribution in [0.3, 0.4) is 0 Å². The zero-order valence-electron chi connectivity index (χ0n) is 24.0. The van der Waals surface area contributed by atoms with Crippen LogP contribution >= 0.6 is 0 Å². The number of nitrogens with zero attached hydrogens (tertiary/aromatic N) is 1. The maximum absolute atomic E-state index is 13.8. The van der Waals surface area contributed by atoms with E-state index in [0.717, 1.165) is 44.5 Å². The van der Waals surface area contributed by atoms with Gasteiger partial charge in [-0.25, -0.2) is 9.18 Å². The lowest BCUT2D eigenvalue weighted by molar-refractivity contribution is 0.0696. The molecule has 218 valence electrons. The number of carbonyl (C=O) groups excluding carboxylic acids is 1. The van der Waals surface area contributed by atoms with Crippen LogP contribution in [0.5, 0.6) is 0 Å². The molecule has 0 spiro atoms. The number of para-hydroxylation sites is 1. The molecule has 6 nitrogen and oxygen atoms in total. The van der Waals surface area contributed by atoms with Gasteiger partial charge in [-0.3, -0.25) is 4.79 Å². The SMILES string of the molecule is C[C@H](NC(=O)c1ccc(Nc2ccccc2)c2ccn(Cc3cccc(-c4ccc(F)cc4)c3)c12)c1ccc(C(=O)O)cc1. The Kier molecular flexibility index (Phi) is 7.93. The molecule has 0 radical (unpaired) electrons. The van der Waals surface area contributed by atoms with Crippen molar-refractivity contribution >= 4 is 34.2 Å². The highest BCUT2D eigenvalue weighted by Crippen LogP contribution is 2.32. The van der Waals surface area contributed by atoms with Gasteiger partial charge in [0.25, 0.3) is 5.91 Å². The van der Waals surface area contributed by atoms with Crippen molar-refractivity contribution in [3.05, 3.63) is 156 Å². The van der Waals surface area contributed by atoms with Gasteiger partial charge < -0.3 is 20.3 Å². The second-order valence-corrected chi connectivity index (χ2v) is 10.7. The first-order valence-electron chi connectivity index (χ1n) is 14.3. The number of carboxylic acids is 1. The van der Waals surface area contributed by atoms with Gasteiger partial charge in [0.1, 0.15) is 5.82 Å². The number of rotatable bonds is 9. The summed E-state index contributed by atoms with van der Waals surface area (Å²) in [6, 6.07) is 36.3. The summed E-state index contributed by atoms with van der Waals surface area (Å²) in [5.74, 6) is -1.51. The third kappa shape index (κ3) is 6.08. The molecule has 6 rings (SSSR count). The topological polar surface area (TPSA) is 83.4 Å². The standard InChI is InChI=1S/C37H30FN3O3/c1-24(26-10-12-28(13-11-26)37(43)44)39-36(42)33-18-19-34(40-31-8-3-2-4-9-31)32-20-21-41(35(32)33)23-25-6-5-7-29(22-25)27-14-16-30(38)17-15-27/h2-22,24,40H,23H2,1H3,(H,39,42)(H,43,44)/t24-/m0/s1. The molecule has 0 aliphatic heterocycles. The van der Waals surface area contributed by atoms with Crippen LogP contribution in [-0.2, 0) is 6.54 Å². The lowest BCUT2D eigenvalue weighted by atomic mass is 10.0. The van der Waals surface area contributed by atoms with Crippen LogP contribution in [0.4, 0.5) is 15.8 Å². The van der Waals surface area contributed by atoms with Gasteiger partial charge in [-0.05, 0) is 89.8 Å². The van der Waals surface area contributed by atoms with Crippen molar-refractivity contribution in [1.29, 1.82) is 0 Å². The van der Waals surface area contributed by atoms with Crippen molar-refractivity contribution in [2.24, 2.45) is 0 Å². The lowest BCUT2D eigenvalue weighted by Crippen LogP contribution is -2.27. The number of anilines is 2. The summed E-state index contributed by atoms with van der Waals surface area (Å²) < 4.78 is 15.6. The first kappa shape index (κ1) is 28.4. The Balaban J connectivity index is 1.35. The summed E-state index contributed by atoms with van der Waals surface area (Å²) in [4.78, 5) is 25.0. The van der Waals surface area contributed by atoms with E-state index in [9.17, 15) is 19.1 Å². The highest BCUT2D eigenvalue weighted by atomic mass is 19.1. The number of aromatic nitrogens is 1. The van der Waals surface area contributed by atoms with Gasteiger partial charge in [0, 0.05) is 29.5 Å². The fourth-order valence-corrected chi connectivity index (χ4v) is 5.39. The van der Waals surface area contributed by atoms with E-state index >= 15 is 0 Å². The van der Waals surface area contributed by atoms with Gasteiger partial charge >= 0.3 is 5.97 Å². The minimum Gasteiger partial charge on any atom is -0.478 e.